The second-order valence-corrected chi connectivity index (χ2v) is 11.9. The second-order valence-electron chi connectivity index (χ2n) is 11.9. The van der Waals surface area contributed by atoms with Crippen LogP contribution in [0.5, 0.6) is 0 Å². The summed E-state index contributed by atoms with van der Waals surface area (Å²) in [7, 11) is 0. The second kappa shape index (κ2) is 10.8. The molecule has 46 heavy (non-hydrogen) atoms. The molecule has 1 heterocycles. The molecular formula is C45H29N. The van der Waals surface area contributed by atoms with Crippen LogP contribution in [0.1, 0.15) is 0 Å². The van der Waals surface area contributed by atoms with E-state index in [1.54, 1.807) is 0 Å². The van der Waals surface area contributed by atoms with Crippen molar-refractivity contribution in [1.82, 2.24) is 4.98 Å². The Balaban J connectivity index is 1.19. The topological polar surface area (TPSA) is 12.9 Å². The van der Waals surface area contributed by atoms with E-state index in [1.165, 1.54) is 60.8 Å². The molecule has 0 aliphatic heterocycles. The lowest BCUT2D eigenvalue weighted by atomic mass is 9.90. The third kappa shape index (κ3) is 4.37. The number of benzene rings is 7. The van der Waals surface area contributed by atoms with E-state index in [2.05, 4.69) is 176 Å². The minimum Gasteiger partial charge on any atom is -0.248 e. The van der Waals surface area contributed by atoms with Gasteiger partial charge in [-0.25, -0.2) is 4.98 Å². The third-order valence-corrected chi connectivity index (χ3v) is 9.24. The van der Waals surface area contributed by atoms with Gasteiger partial charge in [0, 0.05) is 11.1 Å². The van der Waals surface area contributed by atoms with E-state index in [4.69, 9.17) is 4.98 Å². The number of rotatable bonds is 5. The van der Waals surface area contributed by atoms with Gasteiger partial charge in [0.15, 0.2) is 0 Å². The van der Waals surface area contributed by atoms with E-state index in [9.17, 15) is 0 Å². The Kier molecular flexibility index (Phi) is 6.21. The summed E-state index contributed by atoms with van der Waals surface area (Å²) in [6, 6.07) is 63.2. The van der Waals surface area contributed by atoms with Gasteiger partial charge in [-0.1, -0.05) is 158 Å². The van der Waals surface area contributed by atoms with Crippen molar-refractivity contribution in [2.75, 3.05) is 0 Å². The Labute approximate surface area is 269 Å². The molecule has 0 radical (unpaired) electrons. The molecule has 0 fully saturated rings. The minimum absolute atomic E-state index is 0.967. The van der Waals surface area contributed by atoms with Crippen molar-refractivity contribution in [3.05, 3.63) is 176 Å². The first kappa shape index (κ1) is 26.4. The summed E-state index contributed by atoms with van der Waals surface area (Å²) >= 11 is 0. The highest BCUT2D eigenvalue weighted by molar-refractivity contribution is 6.18. The Hall–Kier alpha value is -6.05. The van der Waals surface area contributed by atoms with Gasteiger partial charge in [0.1, 0.15) is 0 Å². The van der Waals surface area contributed by atoms with Gasteiger partial charge in [-0.2, -0.15) is 0 Å². The van der Waals surface area contributed by atoms with Crippen molar-refractivity contribution in [2.45, 2.75) is 0 Å². The van der Waals surface area contributed by atoms with Gasteiger partial charge in [-0.15, -0.1) is 0 Å². The van der Waals surface area contributed by atoms with Crippen LogP contribution in [-0.2, 0) is 0 Å². The van der Waals surface area contributed by atoms with E-state index >= 15 is 0 Å². The predicted molar refractivity (Wildman–Crippen MR) is 193 cm³/mol. The minimum atomic E-state index is 0.967. The highest BCUT2D eigenvalue weighted by atomic mass is 14.7. The van der Waals surface area contributed by atoms with Crippen LogP contribution in [0.15, 0.2) is 176 Å². The van der Waals surface area contributed by atoms with Gasteiger partial charge in [0.2, 0.25) is 0 Å². The molecule has 9 rings (SSSR count). The first-order chi connectivity index (χ1) is 22.8. The van der Waals surface area contributed by atoms with E-state index in [0.29, 0.717) is 0 Å². The monoisotopic (exact) mass is 583 g/mol. The summed E-state index contributed by atoms with van der Waals surface area (Å²) in [6.45, 7) is 0. The van der Waals surface area contributed by atoms with E-state index in [1.807, 2.05) is 0 Å². The number of aromatic nitrogens is 1. The maximum Gasteiger partial charge on any atom is 0.0715 e. The fourth-order valence-corrected chi connectivity index (χ4v) is 7.10. The molecule has 0 saturated heterocycles. The third-order valence-electron chi connectivity index (χ3n) is 9.24. The van der Waals surface area contributed by atoms with Crippen molar-refractivity contribution in [1.29, 1.82) is 0 Å². The van der Waals surface area contributed by atoms with Crippen LogP contribution in [-0.4, -0.2) is 4.98 Å². The lowest BCUT2D eigenvalue weighted by molar-refractivity contribution is 1.32. The van der Waals surface area contributed by atoms with Crippen LogP contribution in [0.2, 0.25) is 0 Å². The number of nitrogens with zero attached hydrogens (tertiary/aromatic N) is 1. The van der Waals surface area contributed by atoms with Gasteiger partial charge in [-0.05, 0) is 84.6 Å². The van der Waals surface area contributed by atoms with Crippen molar-refractivity contribution < 1.29 is 0 Å². The molecule has 8 aromatic rings. The van der Waals surface area contributed by atoms with Gasteiger partial charge >= 0.3 is 0 Å². The largest absolute Gasteiger partial charge is 0.248 e. The zero-order valence-electron chi connectivity index (χ0n) is 25.2. The van der Waals surface area contributed by atoms with Crippen LogP contribution in [0, 0.1) is 0 Å². The molecule has 1 heteroatoms. The molecule has 7 aromatic carbocycles. The summed E-state index contributed by atoms with van der Waals surface area (Å²) in [6.07, 6.45) is 0. The number of hydrogen-bond acceptors (Lipinski definition) is 1. The molecule has 0 N–H and O–H groups in total. The lowest BCUT2D eigenvalue weighted by Crippen LogP contribution is -1.93. The van der Waals surface area contributed by atoms with Crippen molar-refractivity contribution >= 4 is 10.8 Å². The van der Waals surface area contributed by atoms with Crippen LogP contribution in [0.25, 0.3) is 88.9 Å². The summed E-state index contributed by atoms with van der Waals surface area (Å²) in [5.41, 5.74) is 16.7. The highest BCUT2D eigenvalue weighted by Gasteiger charge is 2.22. The fraction of sp³-hybridized carbons (Fsp3) is 0. The van der Waals surface area contributed by atoms with E-state index in [0.717, 1.165) is 28.1 Å². The maximum atomic E-state index is 5.12. The quantitative estimate of drug-likeness (QED) is 0.196. The van der Waals surface area contributed by atoms with Gasteiger partial charge in [0.25, 0.3) is 0 Å². The fourth-order valence-electron chi connectivity index (χ4n) is 7.10. The smallest absolute Gasteiger partial charge is 0.0715 e. The summed E-state index contributed by atoms with van der Waals surface area (Å²) in [5.74, 6) is 0. The van der Waals surface area contributed by atoms with Crippen LogP contribution in [0.3, 0.4) is 0 Å². The molecule has 0 atom stereocenters. The zero-order chi connectivity index (χ0) is 30.5. The zero-order valence-corrected chi connectivity index (χ0v) is 25.2. The van der Waals surface area contributed by atoms with Crippen molar-refractivity contribution in [3.63, 3.8) is 0 Å². The maximum absolute atomic E-state index is 5.12. The number of fused-ring (bicyclic) bond motifs is 3. The number of hydrogen-bond donors (Lipinski definition) is 0. The molecule has 0 bridgehead atoms. The predicted octanol–water partition coefficient (Wildman–Crippen LogP) is 12.2. The Bertz CT molecular complexity index is 2320. The van der Waals surface area contributed by atoms with Crippen LogP contribution >= 0.6 is 0 Å². The molecule has 0 unspecified atom stereocenters. The van der Waals surface area contributed by atoms with Gasteiger partial charge < -0.3 is 0 Å². The molecule has 0 amide bonds. The summed E-state index contributed by atoms with van der Waals surface area (Å²) < 4.78 is 0. The standard InChI is InChI=1S/C45H29N/c1-3-13-30(14-4-1)43-28-34(29-44(46-43)31-15-5-2-6-16-31)36-20-8-7-19-35(36)32-17-11-18-33(27-32)37-25-26-42-39-22-10-9-21-38(39)41-24-12-23-40(37)45(41)42/h1-29H. The average molecular weight is 584 g/mol. The lowest BCUT2D eigenvalue weighted by Gasteiger charge is -2.15. The molecule has 214 valence electrons. The Morgan fingerprint density at radius 2 is 0.696 bits per heavy atom. The summed E-state index contributed by atoms with van der Waals surface area (Å²) in [5, 5.41) is 2.65. The normalized spacial score (nSPS) is 11.5. The molecule has 0 spiro atoms. The molecule has 1 aliphatic rings. The molecular weight excluding hydrogens is 555 g/mol. The summed E-state index contributed by atoms with van der Waals surface area (Å²) in [4.78, 5) is 5.12. The highest BCUT2D eigenvalue weighted by Crippen LogP contribution is 2.49. The van der Waals surface area contributed by atoms with Crippen LogP contribution in [0.4, 0.5) is 0 Å². The number of pyridine rings is 1. The SMILES string of the molecule is c1ccc(-c2cc(-c3ccccc3-c3cccc(-c4ccc5c6c(cccc46)-c4ccccc4-5)c3)cc(-c3ccccc3)n2)cc1. The van der Waals surface area contributed by atoms with E-state index < -0.39 is 0 Å². The average Bonchev–Trinajstić information content (AvgIpc) is 3.47. The van der Waals surface area contributed by atoms with Crippen molar-refractivity contribution in [3.8, 4) is 78.1 Å². The Morgan fingerprint density at radius 1 is 0.261 bits per heavy atom. The molecule has 1 nitrogen and oxygen atoms in total. The first-order valence-electron chi connectivity index (χ1n) is 15.8. The molecule has 1 aromatic heterocycles. The van der Waals surface area contributed by atoms with Gasteiger partial charge in [-0.3, -0.25) is 0 Å². The van der Waals surface area contributed by atoms with Crippen molar-refractivity contribution in [2.24, 2.45) is 0 Å². The van der Waals surface area contributed by atoms with Crippen LogP contribution < -0.4 is 0 Å². The van der Waals surface area contributed by atoms with Gasteiger partial charge in [0.05, 0.1) is 11.4 Å². The Morgan fingerprint density at radius 3 is 1.33 bits per heavy atom. The molecule has 0 saturated carbocycles. The first-order valence-corrected chi connectivity index (χ1v) is 15.8. The van der Waals surface area contributed by atoms with E-state index in [-0.39, 0.29) is 0 Å². The molecule has 1 aliphatic carbocycles.